The lowest BCUT2D eigenvalue weighted by atomic mass is 10.1. The van der Waals surface area contributed by atoms with Crippen molar-refractivity contribution in [1.82, 2.24) is 4.57 Å². The highest BCUT2D eigenvalue weighted by Gasteiger charge is 2.11. The molecule has 1 heterocycles. The Morgan fingerprint density at radius 2 is 1.85 bits per heavy atom. The molecule has 0 radical (unpaired) electrons. The lowest BCUT2D eigenvalue weighted by Gasteiger charge is -2.13. The molecule has 5 heteroatoms. The number of carbonyl (C=O) groups excluding carboxylic acids is 1. The van der Waals surface area contributed by atoms with Crippen LogP contribution in [0.15, 0.2) is 41.2 Å². The molecule has 0 unspecified atom stereocenters. The molecule has 0 bridgehead atoms. The van der Waals surface area contributed by atoms with E-state index < -0.39 is 5.91 Å². The van der Waals surface area contributed by atoms with Crippen molar-refractivity contribution < 1.29 is 9.53 Å². The monoisotopic (exact) mass is 272 g/mol. The van der Waals surface area contributed by atoms with Crippen molar-refractivity contribution >= 4 is 5.91 Å². The highest BCUT2D eigenvalue weighted by molar-refractivity contribution is 5.93. The number of pyridine rings is 1. The van der Waals surface area contributed by atoms with Crippen LogP contribution in [0.4, 0.5) is 0 Å². The lowest BCUT2D eigenvalue weighted by molar-refractivity contribution is 0.0999. The van der Waals surface area contributed by atoms with Crippen molar-refractivity contribution in [3.05, 3.63) is 58.0 Å². The molecule has 1 aromatic heterocycles. The Bertz CT molecular complexity index is 687. The van der Waals surface area contributed by atoms with Crippen LogP contribution in [0.3, 0.4) is 0 Å². The predicted octanol–water partition coefficient (Wildman–Crippen LogP) is 1.64. The standard InChI is InChI=1S/C15H16N2O3/c1-3-20-12-6-4-11(5-7-12)17-10(2)13(15(16)19)8-9-14(17)18/h4-9H,3H2,1-2H3,(H2,16,19). The molecule has 5 nitrogen and oxygen atoms in total. The maximum absolute atomic E-state index is 12.0. The van der Waals surface area contributed by atoms with E-state index in [1.807, 2.05) is 6.92 Å². The molecule has 0 saturated carbocycles. The molecule has 0 aliphatic heterocycles. The molecule has 2 N–H and O–H groups in total. The lowest BCUT2D eigenvalue weighted by Crippen LogP contribution is -2.24. The zero-order valence-corrected chi connectivity index (χ0v) is 11.4. The molecule has 0 fully saturated rings. The summed E-state index contributed by atoms with van der Waals surface area (Å²) < 4.78 is 6.81. The SMILES string of the molecule is CCOc1ccc(-n2c(C)c(C(N)=O)ccc2=O)cc1. The summed E-state index contributed by atoms with van der Waals surface area (Å²) in [6, 6.07) is 9.88. The zero-order chi connectivity index (χ0) is 14.7. The topological polar surface area (TPSA) is 74.3 Å². The van der Waals surface area contributed by atoms with E-state index in [9.17, 15) is 9.59 Å². The first-order valence-electron chi connectivity index (χ1n) is 6.30. The van der Waals surface area contributed by atoms with Gasteiger partial charge in [-0.15, -0.1) is 0 Å². The third-order valence-electron chi connectivity index (χ3n) is 3.01. The summed E-state index contributed by atoms with van der Waals surface area (Å²) >= 11 is 0. The summed E-state index contributed by atoms with van der Waals surface area (Å²) in [7, 11) is 0. The Balaban J connectivity index is 2.54. The quantitative estimate of drug-likeness (QED) is 0.919. The number of ether oxygens (including phenoxy) is 1. The summed E-state index contributed by atoms with van der Waals surface area (Å²) in [6.45, 7) is 4.17. The van der Waals surface area contributed by atoms with E-state index in [0.29, 0.717) is 23.6 Å². The van der Waals surface area contributed by atoms with Crippen molar-refractivity contribution in [2.24, 2.45) is 5.73 Å². The fraction of sp³-hybridized carbons (Fsp3) is 0.200. The van der Waals surface area contributed by atoms with Crippen LogP contribution in [0, 0.1) is 6.92 Å². The van der Waals surface area contributed by atoms with E-state index in [1.165, 1.54) is 16.7 Å². The second kappa shape index (κ2) is 5.61. The van der Waals surface area contributed by atoms with E-state index in [2.05, 4.69) is 0 Å². The van der Waals surface area contributed by atoms with E-state index in [4.69, 9.17) is 10.5 Å². The zero-order valence-electron chi connectivity index (χ0n) is 11.4. The molecule has 0 aliphatic rings. The van der Waals surface area contributed by atoms with Crippen LogP contribution in [0.2, 0.25) is 0 Å². The van der Waals surface area contributed by atoms with Crippen LogP contribution >= 0.6 is 0 Å². The number of aromatic nitrogens is 1. The Morgan fingerprint density at radius 1 is 1.20 bits per heavy atom. The molecule has 2 aromatic rings. The van der Waals surface area contributed by atoms with Crippen LogP contribution < -0.4 is 16.0 Å². The van der Waals surface area contributed by atoms with Crippen LogP contribution in [0.1, 0.15) is 23.0 Å². The summed E-state index contributed by atoms with van der Waals surface area (Å²) in [5.74, 6) is 0.176. The number of hydrogen-bond acceptors (Lipinski definition) is 3. The Labute approximate surface area is 116 Å². The van der Waals surface area contributed by atoms with Crippen molar-refractivity contribution in [2.75, 3.05) is 6.61 Å². The normalized spacial score (nSPS) is 10.3. The minimum atomic E-state index is -0.554. The average Bonchev–Trinajstić information content (AvgIpc) is 2.40. The number of primary amides is 1. The van der Waals surface area contributed by atoms with Crippen molar-refractivity contribution in [2.45, 2.75) is 13.8 Å². The predicted molar refractivity (Wildman–Crippen MR) is 76.5 cm³/mol. The fourth-order valence-electron chi connectivity index (χ4n) is 2.07. The van der Waals surface area contributed by atoms with Gasteiger partial charge in [0.05, 0.1) is 12.2 Å². The van der Waals surface area contributed by atoms with Crippen LogP contribution in [0.25, 0.3) is 5.69 Å². The fourth-order valence-corrected chi connectivity index (χ4v) is 2.07. The number of amides is 1. The Morgan fingerprint density at radius 3 is 2.40 bits per heavy atom. The van der Waals surface area contributed by atoms with Gasteiger partial charge in [-0.2, -0.15) is 0 Å². The van der Waals surface area contributed by atoms with E-state index in [-0.39, 0.29) is 5.56 Å². The van der Waals surface area contributed by atoms with Crippen molar-refractivity contribution in [1.29, 1.82) is 0 Å². The van der Waals surface area contributed by atoms with Gasteiger partial charge < -0.3 is 10.5 Å². The highest BCUT2D eigenvalue weighted by Crippen LogP contribution is 2.16. The van der Waals surface area contributed by atoms with E-state index in [1.54, 1.807) is 31.2 Å². The van der Waals surface area contributed by atoms with Crippen molar-refractivity contribution in [3.8, 4) is 11.4 Å². The molecule has 0 atom stereocenters. The van der Waals surface area contributed by atoms with E-state index in [0.717, 1.165) is 5.75 Å². The van der Waals surface area contributed by atoms with Gasteiger partial charge in [-0.25, -0.2) is 0 Å². The first-order chi connectivity index (χ1) is 9.54. The maximum atomic E-state index is 12.0. The summed E-state index contributed by atoms with van der Waals surface area (Å²) in [5, 5.41) is 0. The van der Waals surface area contributed by atoms with Crippen LogP contribution in [-0.2, 0) is 0 Å². The van der Waals surface area contributed by atoms with Gasteiger partial charge in [0.2, 0.25) is 5.91 Å². The summed E-state index contributed by atoms with van der Waals surface area (Å²) in [6.07, 6.45) is 0. The molecule has 0 spiro atoms. The first-order valence-corrected chi connectivity index (χ1v) is 6.30. The molecule has 20 heavy (non-hydrogen) atoms. The van der Waals surface area contributed by atoms with E-state index >= 15 is 0 Å². The van der Waals surface area contributed by atoms with Gasteiger partial charge in [0, 0.05) is 17.4 Å². The Hall–Kier alpha value is -2.56. The van der Waals surface area contributed by atoms with Crippen LogP contribution in [-0.4, -0.2) is 17.1 Å². The molecule has 104 valence electrons. The van der Waals surface area contributed by atoms with Gasteiger partial charge in [0.1, 0.15) is 5.75 Å². The molecule has 0 aliphatic carbocycles. The number of nitrogens with zero attached hydrogens (tertiary/aromatic N) is 1. The van der Waals surface area contributed by atoms with Gasteiger partial charge in [-0.3, -0.25) is 14.2 Å². The van der Waals surface area contributed by atoms with Crippen LogP contribution in [0.5, 0.6) is 5.75 Å². The molecule has 0 saturated heterocycles. The summed E-state index contributed by atoms with van der Waals surface area (Å²) in [4.78, 5) is 23.3. The molecule has 1 amide bonds. The minimum absolute atomic E-state index is 0.211. The van der Waals surface area contributed by atoms with Gasteiger partial charge in [0.15, 0.2) is 0 Å². The number of carbonyl (C=O) groups is 1. The molecule has 1 aromatic carbocycles. The van der Waals surface area contributed by atoms with Crippen molar-refractivity contribution in [3.63, 3.8) is 0 Å². The number of hydrogen-bond donors (Lipinski definition) is 1. The Kier molecular flexibility index (Phi) is 3.89. The second-order valence-electron chi connectivity index (χ2n) is 4.30. The smallest absolute Gasteiger partial charge is 0.255 e. The van der Waals surface area contributed by atoms with Gasteiger partial charge >= 0.3 is 0 Å². The second-order valence-corrected chi connectivity index (χ2v) is 4.30. The van der Waals surface area contributed by atoms with Gasteiger partial charge in [-0.1, -0.05) is 0 Å². The summed E-state index contributed by atoms with van der Waals surface area (Å²) in [5.41, 5.74) is 6.61. The minimum Gasteiger partial charge on any atom is -0.494 e. The average molecular weight is 272 g/mol. The highest BCUT2D eigenvalue weighted by atomic mass is 16.5. The molecular weight excluding hydrogens is 256 g/mol. The number of rotatable bonds is 4. The molecular formula is C15H16N2O3. The van der Waals surface area contributed by atoms with Gasteiger partial charge in [0.25, 0.3) is 5.56 Å². The molecule has 2 rings (SSSR count). The maximum Gasteiger partial charge on any atom is 0.255 e. The largest absolute Gasteiger partial charge is 0.494 e. The number of nitrogens with two attached hydrogens (primary N) is 1. The third-order valence-corrected chi connectivity index (χ3v) is 3.01. The number of benzene rings is 1. The third kappa shape index (κ3) is 2.56. The van der Waals surface area contributed by atoms with Gasteiger partial charge in [-0.05, 0) is 44.2 Å². The first kappa shape index (κ1) is 13.9.